The van der Waals surface area contributed by atoms with Gasteiger partial charge in [-0.1, -0.05) is 19.1 Å². The van der Waals surface area contributed by atoms with Crippen LogP contribution >= 0.6 is 0 Å². The first-order valence-corrected chi connectivity index (χ1v) is 7.12. The third-order valence-corrected chi connectivity index (χ3v) is 3.17. The molecule has 0 aliphatic rings. The maximum Gasteiger partial charge on any atom is 0.145 e. The first-order valence-electron chi connectivity index (χ1n) is 7.12. The van der Waals surface area contributed by atoms with Gasteiger partial charge in [-0.15, -0.1) is 0 Å². The molecule has 0 spiro atoms. The molecule has 0 saturated heterocycles. The van der Waals surface area contributed by atoms with Crippen LogP contribution in [0.25, 0.3) is 0 Å². The Kier molecular flexibility index (Phi) is 4.97. The zero-order valence-corrected chi connectivity index (χ0v) is 12.7. The van der Waals surface area contributed by atoms with E-state index in [1.807, 2.05) is 44.2 Å². The largest absolute Gasteiger partial charge is 0.456 e. The maximum absolute atomic E-state index is 9.31. The summed E-state index contributed by atoms with van der Waals surface area (Å²) in [6.45, 7) is 7.79. The van der Waals surface area contributed by atoms with Gasteiger partial charge in [-0.3, -0.25) is 0 Å². The zero-order chi connectivity index (χ0) is 15.2. The highest BCUT2D eigenvalue weighted by Gasteiger charge is 2.07. The second kappa shape index (κ2) is 6.92. The molecule has 0 aromatic heterocycles. The summed E-state index contributed by atoms with van der Waals surface area (Å²) in [6.07, 6.45) is 0. The molecule has 0 atom stereocenters. The van der Waals surface area contributed by atoms with Crippen LogP contribution in [0.1, 0.15) is 29.2 Å². The molecule has 0 fully saturated rings. The Hall–Kier alpha value is -2.31. The molecule has 0 amide bonds. The van der Waals surface area contributed by atoms with Crippen LogP contribution in [0.3, 0.4) is 0 Å². The van der Waals surface area contributed by atoms with Crippen LogP contribution in [-0.2, 0) is 6.54 Å². The molecule has 21 heavy (non-hydrogen) atoms. The van der Waals surface area contributed by atoms with Gasteiger partial charge >= 0.3 is 0 Å². The van der Waals surface area contributed by atoms with E-state index in [9.17, 15) is 5.26 Å². The number of rotatable bonds is 5. The predicted molar refractivity (Wildman–Crippen MR) is 84.5 cm³/mol. The number of ether oxygens (including phenoxy) is 1. The number of benzene rings is 2. The first kappa shape index (κ1) is 15.1. The second-order valence-electron chi connectivity index (χ2n) is 5.15. The molecule has 2 aromatic rings. The number of aryl methyl sites for hydroxylation is 2. The van der Waals surface area contributed by atoms with Gasteiger partial charge in [0.25, 0.3) is 0 Å². The minimum Gasteiger partial charge on any atom is -0.456 e. The highest BCUT2D eigenvalue weighted by Crippen LogP contribution is 2.27. The van der Waals surface area contributed by atoms with Crippen molar-refractivity contribution >= 4 is 0 Å². The molecule has 1 N–H and O–H groups in total. The molecular formula is C18H20N2O. The van der Waals surface area contributed by atoms with Gasteiger partial charge in [0.1, 0.15) is 17.6 Å². The van der Waals surface area contributed by atoms with Crippen LogP contribution in [-0.4, -0.2) is 6.54 Å². The number of nitriles is 1. The van der Waals surface area contributed by atoms with Crippen molar-refractivity contribution in [2.24, 2.45) is 0 Å². The van der Waals surface area contributed by atoms with Gasteiger partial charge in [0, 0.05) is 6.54 Å². The van der Waals surface area contributed by atoms with E-state index in [2.05, 4.69) is 24.4 Å². The number of hydrogen-bond donors (Lipinski definition) is 1. The minimum absolute atomic E-state index is 0.560. The van der Waals surface area contributed by atoms with Crippen molar-refractivity contribution in [2.45, 2.75) is 27.3 Å². The van der Waals surface area contributed by atoms with Crippen LogP contribution in [0, 0.1) is 25.2 Å². The van der Waals surface area contributed by atoms with Crippen LogP contribution in [0.4, 0.5) is 0 Å². The fourth-order valence-corrected chi connectivity index (χ4v) is 2.25. The number of hydrogen-bond acceptors (Lipinski definition) is 3. The van der Waals surface area contributed by atoms with Crippen molar-refractivity contribution in [3.8, 4) is 17.6 Å². The van der Waals surface area contributed by atoms with Crippen molar-refractivity contribution in [1.82, 2.24) is 5.32 Å². The Bertz CT molecular complexity index is 651. The van der Waals surface area contributed by atoms with Gasteiger partial charge in [-0.25, -0.2) is 0 Å². The number of nitrogens with one attached hydrogen (secondary N) is 1. The molecule has 3 nitrogen and oxygen atoms in total. The Morgan fingerprint density at radius 2 is 1.81 bits per heavy atom. The van der Waals surface area contributed by atoms with Crippen LogP contribution < -0.4 is 10.1 Å². The van der Waals surface area contributed by atoms with Gasteiger partial charge in [0.2, 0.25) is 0 Å². The summed E-state index contributed by atoms with van der Waals surface area (Å²) >= 11 is 0. The van der Waals surface area contributed by atoms with E-state index in [0.717, 1.165) is 35.5 Å². The molecule has 0 aliphatic heterocycles. The Morgan fingerprint density at radius 1 is 1.10 bits per heavy atom. The molecule has 2 aromatic carbocycles. The van der Waals surface area contributed by atoms with Gasteiger partial charge in [-0.2, -0.15) is 5.26 Å². The second-order valence-corrected chi connectivity index (χ2v) is 5.15. The van der Waals surface area contributed by atoms with Crippen LogP contribution in [0.2, 0.25) is 0 Å². The topological polar surface area (TPSA) is 45.0 Å². The summed E-state index contributed by atoms with van der Waals surface area (Å²) < 4.78 is 5.88. The van der Waals surface area contributed by atoms with Gasteiger partial charge < -0.3 is 10.1 Å². The molecule has 0 saturated carbocycles. The molecule has 108 valence electrons. The highest BCUT2D eigenvalue weighted by molar-refractivity contribution is 5.48. The molecule has 0 radical (unpaired) electrons. The normalized spacial score (nSPS) is 10.2. The lowest BCUT2D eigenvalue weighted by molar-refractivity contribution is 0.480. The first-order chi connectivity index (χ1) is 10.1. The smallest absolute Gasteiger partial charge is 0.145 e. The Labute approximate surface area is 126 Å². The quantitative estimate of drug-likeness (QED) is 0.897. The van der Waals surface area contributed by atoms with E-state index in [-0.39, 0.29) is 0 Å². The van der Waals surface area contributed by atoms with Crippen molar-refractivity contribution in [3.63, 3.8) is 0 Å². The molecule has 0 aliphatic carbocycles. The average molecular weight is 280 g/mol. The van der Waals surface area contributed by atoms with E-state index in [4.69, 9.17) is 4.74 Å². The summed E-state index contributed by atoms with van der Waals surface area (Å²) in [5.41, 5.74) is 3.94. The van der Waals surface area contributed by atoms with E-state index in [1.165, 1.54) is 0 Å². The highest BCUT2D eigenvalue weighted by atomic mass is 16.5. The van der Waals surface area contributed by atoms with Gasteiger partial charge in [0.15, 0.2) is 0 Å². The summed E-state index contributed by atoms with van der Waals surface area (Å²) in [4.78, 5) is 0. The van der Waals surface area contributed by atoms with E-state index >= 15 is 0 Å². The van der Waals surface area contributed by atoms with E-state index < -0.39 is 0 Å². The standard InChI is InChI=1S/C18H20N2O/c1-4-20-12-15-5-6-18(16(10-15)11-19)21-17-8-13(2)7-14(3)9-17/h5-10,20H,4,12H2,1-3H3. The fourth-order valence-electron chi connectivity index (χ4n) is 2.25. The van der Waals surface area contributed by atoms with Crippen LogP contribution in [0.15, 0.2) is 36.4 Å². The molecule has 2 rings (SSSR count). The van der Waals surface area contributed by atoms with Crippen molar-refractivity contribution in [3.05, 3.63) is 58.7 Å². The predicted octanol–water partition coefficient (Wildman–Crippen LogP) is 4.08. The Morgan fingerprint density at radius 3 is 2.43 bits per heavy atom. The van der Waals surface area contributed by atoms with E-state index in [0.29, 0.717) is 11.3 Å². The SMILES string of the molecule is CCNCc1ccc(Oc2cc(C)cc(C)c2)c(C#N)c1. The van der Waals surface area contributed by atoms with E-state index in [1.54, 1.807) is 0 Å². The molecule has 0 heterocycles. The number of nitrogens with zero attached hydrogens (tertiary/aromatic N) is 1. The maximum atomic E-state index is 9.31. The Balaban J connectivity index is 2.25. The zero-order valence-electron chi connectivity index (χ0n) is 12.7. The van der Waals surface area contributed by atoms with Crippen molar-refractivity contribution < 1.29 is 4.74 Å². The fraction of sp³-hybridized carbons (Fsp3) is 0.278. The van der Waals surface area contributed by atoms with Crippen molar-refractivity contribution in [2.75, 3.05) is 6.54 Å². The lowest BCUT2D eigenvalue weighted by Gasteiger charge is -2.11. The third-order valence-electron chi connectivity index (χ3n) is 3.17. The summed E-state index contributed by atoms with van der Waals surface area (Å²) in [7, 11) is 0. The van der Waals surface area contributed by atoms with Crippen molar-refractivity contribution in [1.29, 1.82) is 5.26 Å². The summed E-state index contributed by atoms with van der Waals surface area (Å²) in [5, 5.41) is 12.6. The average Bonchev–Trinajstić information content (AvgIpc) is 2.45. The summed E-state index contributed by atoms with van der Waals surface area (Å²) in [6, 6.07) is 14.0. The third kappa shape index (κ3) is 4.08. The monoisotopic (exact) mass is 280 g/mol. The van der Waals surface area contributed by atoms with Crippen LogP contribution in [0.5, 0.6) is 11.5 Å². The molecule has 0 bridgehead atoms. The molecule has 3 heteroatoms. The van der Waals surface area contributed by atoms with Gasteiger partial charge in [-0.05, 0) is 61.3 Å². The minimum atomic E-state index is 0.560. The molecule has 0 unspecified atom stereocenters. The lowest BCUT2D eigenvalue weighted by atomic mass is 10.1. The molecular weight excluding hydrogens is 260 g/mol. The summed E-state index contributed by atoms with van der Waals surface area (Å²) in [5.74, 6) is 1.37. The van der Waals surface area contributed by atoms with Gasteiger partial charge in [0.05, 0.1) is 5.56 Å². The lowest BCUT2D eigenvalue weighted by Crippen LogP contribution is -2.11.